The van der Waals surface area contributed by atoms with E-state index in [0.717, 1.165) is 31.6 Å². The van der Waals surface area contributed by atoms with E-state index in [9.17, 15) is 14.5 Å². The molecule has 0 spiro atoms. The van der Waals surface area contributed by atoms with Crippen LogP contribution < -0.4 is 0 Å². The molecule has 2 aromatic rings. The summed E-state index contributed by atoms with van der Waals surface area (Å²) in [5.74, 6) is 5.70. The molecule has 0 atom stereocenters. The molecule has 0 aromatic heterocycles. The average Bonchev–Trinajstić information content (AvgIpc) is 2.67. The van der Waals surface area contributed by atoms with Gasteiger partial charge in [0.25, 0.3) is 5.69 Å². The van der Waals surface area contributed by atoms with Gasteiger partial charge in [-0.05, 0) is 62.2 Å². The molecule has 5 heteroatoms. The van der Waals surface area contributed by atoms with Crippen LogP contribution in [0, 0.1) is 27.8 Å². The van der Waals surface area contributed by atoms with Gasteiger partial charge in [-0.1, -0.05) is 24.3 Å². The van der Waals surface area contributed by atoms with Crippen molar-refractivity contribution in [3.05, 3.63) is 75.1 Å². The van der Waals surface area contributed by atoms with Gasteiger partial charge in [0.1, 0.15) is 5.82 Å². The molecular formula is C21H21FN2O2. The topological polar surface area (TPSA) is 46.4 Å². The molecule has 0 N–H and O–H groups in total. The predicted molar refractivity (Wildman–Crippen MR) is 99.5 cm³/mol. The van der Waals surface area contributed by atoms with Gasteiger partial charge in [0.05, 0.1) is 4.92 Å². The maximum Gasteiger partial charge on any atom is 0.270 e. The normalized spacial score (nSPS) is 14.5. The number of piperidine rings is 1. The molecule has 0 amide bonds. The molecule has 0 aliphatic carbocycles. The summed E-state index contributed by atoms with van der Waals surface area (Å²) < 4.78 is 13.0. The maximum absolute atomic E-state index is 13.0. The summed E-state index contributed by atoms with van der Waals surface area (Å²) in [6.45, 7) is 3.16. The lowest BCUT2D eigenvalue weighted by Crippen LogP contribution is -2.31. The Morgan fingerprint density at radius 3 is 2.46 bits per heavy atom. The highest BCUT2D eigenvalue weighted by molar-refractivity contribution is 5.51. The molecule has 1 saturated heterocycles. The molecule has 0 unspecified atom stereocenters. The van der Waals surface area contributed by atoms with Crippen LogP contribution in [0.15, 0.2) is 42.5 Å². The summed E-state index contributed by atoms with van der Waals surface area (Å²) >= 11 is 0. The van der Waals surface area contributed by atoms with Crippen molar-refractivity contribution in [2.75, 3.05) is 19.6 Å². The number of non-ortho nitro benzene ring substituents is 1. The predicted octanol–water partition coefficient (Wildman–Crippen LogP) is 4.16. The highest BCUT2D eigenvalue weighted by atomic mass is 19.1. The summed E-state index contributed by atoms with van der Waals surface area (Å²) in [7, 11) is 0. The van der Waals surface area contributed by atoms with Gasteiger partial charge in [0, 0.05) is 29.8 Å². The van der Waals surface area contributed by atoms with Crippen molar-refractivity contribution in [3.8, 4) is 11.8 Å². The number of likely N-dealkylation sites (tertiary alicyclic amines) is 1. The first-order valence-corrected chi connectivity index (χ1v) is 8.89. The number of nitro groups is 1. The van der Waals surface area contributed by atoms with E-state index in [0.29, 0.717) is 11.1 Å². The Labute approximate surface area is 152 Å². The van der Waals surface area contributed by atoms with Crippen LogP contribution in [-0.2, 0) is 6.42 Å². The molecular weight excluding hydrogens is 331 g/mol. The second-order valence-electron chi connectivity index (χ2n) is 6.51. The lowest BCUT2D eigenvalue weighted by atomic mass is 10.0. The summed E-state index contributed by atoms with van der Waals surface area (Å²) in [6.07, 6.45) is 4.57. The number of hydrogen-bond donors (Lipinski definition) is 0. The smallest absolute Gasteiger partial charge is 0.270 e. The van der Waals surface area contributed by atoms with Gasteiger partial charge in [-0.3, -0.25) is 10.1 Å². The van der Waals surface area contributed by atoms with Crippen molar-refractivity contribution in [1.29, 1.82) is 0 Å². The third kappa shape index (κ3) is 4.90. The molecule has 1 aliphatic rings. The first-order chi connectivity index (χ1) is 12.6. The lowest BCUT2D eigenvalue weighted by molar-refractivity contribution is -0.384. The first-order valence-electron chi connectivity index (χ1n) is 8.89. The zero-order valence-electron chi connectivity index (χ0n) is 14.6. The lowest BCUT2D eigenvalue weighted by Gasteiger charge is -2.26. The number of benzene rings is 2. The van der Waals surface area contributed by atoms with Crippen molar-refractivity contribution in [2.24, 2.45) is 0 Å². The standard InChI is InChI=1S/C21H21FN2O2/c22-20-9-5-17(6-10-20)4-7-19-16-21(24(25)26)11-8-18(19)12-15-23-13-2-1-3-14-23/h5-6,8-11,16H,1-3,12-15H2. The van der Waals surface area contributed by atoms with Crippen LogP contribution in [-0.4, -0.2) is 29.5 Å². The van der Waals surface area contributed by atoms with E-state index in [1.807, 2.05) is 0 Å². The third-order valence-corrected chi connectivity index (χ3v) is 4.64. The Bertz CT molecular complexity index is 831. The van der Waals surface area contributed by atoms with Crippen LogP contribution in [0.3, 0.4) is 0 Å². The average molecular weight is 352 g/mol. The fourth-order valence-electron chi connectivity index (χ4n) is 3.15. The second-order valence-corrected chi connectivity index (χ2v) is 6.51. The molecule has 1 aliphatic heterocycles. The zero-order valence-corrected chi connectivity index (χ0v) is 14.6. The summed E-state index contributed by atoms with van der Waals surface area (Å²) in [4.78, 5) is 13.1. The number of nitrogens with zero attached hydrogens (tertiary/aromatic N) is 2. The maximum atomic E-state index is 13.0. The van der Waals surface area contributed by atoms with Crippen LogP contribution in [0.5, 0.6) is 0 Å². The molecule has 2 aromatic carbocycles. The van der Waals surface area contributed by atoms with E-state index in [1.54, 1.807) is 18.2 Å². The number of nitro benzene ring substituents is 1. The third-order valence-electron chi connectivity index (χ3n) is 4.64. The highest BCUT2D eigenvalue weighted by Gasteiger charge is 2.13. The molecule has 1 heterocycles. The molecule has 26 heavy (non-hydrogen) atoms. The van der Waals surface area contributed by atoms with Gasteiger partial charge in [0.15, 0.2) is 0 Å². The number of halogens is 1. The van der Waals surface area contributed by atoms with E-state index in [-0.39, 0.29) is 11.5 Å². The van der Waals surface area contributed by atoms with Crippen molar-refractivity contribution >= 4 is 5.69 Å². The van der Waals surface area contributed by atoms with E-state index in [1.165, 1.54) is 43.5 Å². The van der Waals surface area contributed by atoms with Gasteiger partial charge in [0.2, 0.25) is 0 Å². The number of hydrogen-bond acceptors (Lipinski definition) is 3. The monoisotopic (exact) mass is 352 g/mol. The number of rotatable bonds is 4. The largest absolute Gasteiger partial charge is 0.303 e. The van der Waals surface area contributed by atoms with E-state index >= 15 is 0 Å². The fourth-order valence-corrected chi connectivity index (χ4v) is 3.15. The minimum absolute atomic E-state index is 0.0372. The Hall–Kier alpha value is -2.71. The SMILES string of the molecule is O=[N+]([O-])c1ccc(CCN2CCCCC2)c(C#Cc2ccc(F)cc2)c1. The summed E-state index contributed by atoms with van der Waals surface area (Å²) in [6, 6.07) is 10.8. The minimum Gasteiger partial charge on any atom is -0.303 e. The summed E-state index contributed by atoms with van der Waals surface area (Å²) in [5, 5.41) is 11.1. The van der Waals surface area contributed by atoms with Crippen molar-refractivity contribution < 1.29 is 9.31 Å². The molecule has 0 radical (unpaired) electrons. The molecule has 0 bridgehead atoms. The van der Waals surface area contributed by atoms with Crippen LogP contribution in [0.25, 0.3) is 0 Å². The van der Waals surface area contributed by atoms with Gasteiger partial charge in [-0.15, -0.1) is 0 Å². The second kappa shape index (κ2) is 8.59. The van der Waals surface area contributed by atoms with Gasteiger partial charge >= 0.3 is 0 Å². The highest BCUT2D eigenvalue weighted by Crippen LogP contribution is 2.19. The quantitative estimate of drug-likeness (QED) is 0.471. The molecule has 1 fully saturated rings. The Morgan fingerprint density at radius 1 is 1.04 bits per heavy atom. The molecule has 3 rings (SSSR count). The van der Waals surface area contributed by atoms with Crippen molar-refractivity contribution in [3.63, 3.8) is 0 Å². The van der Waals surface area contributed by atoms with Gasteiger partial charge in [-0.2, -0.15) is 0 Å². The van der Waals surface area contributed by atoms with Gasteiger partial charge < -0.3 is 4.90 Å². The Morgan fingerprint density at radius 2 is 1.77 bits per heavy atom. The minimum atomic E-state index is -0.405. The van der Waals surface area contributed by atoms with Crippen LogP contribution >= 0.6 is 0 Å². The van der Waals surface area contributed by atoms with Crippen LogP contribution in [0.4, 0.5) is 10.1 Å². The van der Waals surface area contributed by atoms with Crippen molar-refractivity contribution in [1.82, 2.24) is 4.90 Å². The molecule has 4 nitrogen and oxygen atoms in total. The Balaban J connectivity index is 1.81. The van der Waals surface area contributed by atoms with Crippen LogP contribution in [0.1, 0.15) is 36.0 Å². The first kappa shape index (κ1) is 18.1. The zero-order chi connectivity index (χ0) is 18.4. The fraction of sp³-hybridized carbons (Fsp3) is 0.333. The summed E-state index contributed by atoms with van der Waals surface area (Å²) in [5.41, 5.74) is 2.39. The van der Waals surface area contributed by atoms with E-state index in [2.05, 4.69) is 16.7 Å². The van der Waals surface area contributed by atoms with Crippen molar-refractivity contribution in [2.45, 2.75) is 25.7 Å². The van der Waals surface area contributed by atoms with E-state index in [4.69, 9.17) is 0 Å². The van der Waals surface area contributed by atoms with Crippen LogP contribution in [0.2, 0.25) is 0 Å². The van der Waals surface area contributed by atoms with Gasteiger partial charge in [-0.25, -0.2) is 4.39 Å². The Kier molecular flexibility index (Phi) is 5.98. The molecule has 0 saturated carbocycles. The molecule has 134 valence electrons. The van der Waals surface area contributed by atoms with E-state index < -0.39 is 4.92 Å².